The fourth-order valence-electron chi connectivity index (χ4n) is 2.77. The summed E-state index contributed by atoms with van der Waals surface area (Å²) in [5.41, 5.74) is 3.26. The molecule has 1 fully saturated rings. The topological polar surface area (TPSA) is 36.4 Å². The Morgan fingerprint density at radius 1 is 1.39 bits per heavy atom. The van der Waals surface area contributed by atoms with Crippen LogP contribution in [0.3, 0.4) is 0 Å². The molecule has 18 heavy (non-hydrogen) atoms. The van der Waals surface area contributed by atoms with Crippen LogP contribution >= 0.6 is 0 Å². The number of hydrogen-bond donors (Lipinski definition) is 2. The van der Waals surface area contributed by atoms with E-state index in [0.717, 1.165) is 19.0 Å². The second-order valence-electron chi connectivity index (χ2n) is 5.68. The predicted octanol–water partition coefficient (Wildman–Crippen LogP) is 1.96. The van der Waals surface area contributed by atoms with Crippen LogP contribution in [-0.2, 0) is 5.41 Å². The van der Waals surface area contributed by atoms with Gasteiger partial charge in [-0.15, -0.1) is 0 Å². The van der Waals surface area contributed by atoms with Crippen molar-refractivity contribution in [3.63, 3.8) is 0 Å². The lowest BCUT2D eigenvalue weighted by Crippen LogP contribution is -2.41. The average Bonchev–Trinajstić information content (AvgIpc) is 3.04. The molecule has 1 saturated carbocycles. The maximum atomic E-state index is 4.46. The highest BCUT2D eigenvalue weighted by Gasteiger charge is 2.45. The van der Waals surface area contributed by atoms with Crippen LogP contribution in [0.25, 0.3) is 0 Å². The normalized spacial score (nSPS) is 24.3. The van der Waals surface area contributed by atoms with Gasteiger partial charge in [0.2, 0.25) is 0 Å². The third-order valence-electron chi connectivity index (χ3n) is 4.07. The lowest BCUT2D eigenvalue weighted by Gasteiger charge is -2.19. The van der Waals surface area contributed by atoms with Gasteiger partial charge < -0.3 is 10.6 Å². The van der Waals surface area contributed by atoms with Gasteiger partial charge in [0.1, 0.15) is 0 Å². The zero-order valence-electron chi connectivity index (χ0n) is 11.2. The molecule has 0 radical (unpaired) electrons. The fourth-order valence-corrected chi connectivity index (χ4v) is 2.77. The molecule has 1 aliphatic heterocycles. The first-order chi connectivity index (χ1) is 8.70. The molecule has 0 saturated heterocycles. The second kappa shape index (κ2) is 4.30. The Bertz CT molecular complexity index is 474. The van der Waals surface area contributed by atoms with Crippen molar-refractivity contribution in [2.45, 2.75) is 38.1 Å². The number of guanidine groups is 1. The summed E-state index contributed by atoms with van der Waals surface area (Å²) in [6, 6.07) is 9.23. The number of aliphatic imine (C=N–C) groups is 1. The van der Waals surface area contributed by atoms with Gasteiger partial charge in [-0.25, -0.2) is 0 Å². The van der Waals surface area contributed by atoms with Crippen LogP contribution in [0.2, 0.25) is 0 Å². The molecule has 96 valence electrons. The number of benzene rings is 1. The molecule has 1 unspecified atom stereocenters. The van der Waals surface area contributed by atoms with Gasteiger partial charge in [-0.05, 0) is 37.8 Å². The monoisotopic (exact) mass is 243 g/mol. The summed E-state index contributed by atoms with van der Waals surface area (Å²) in [5, 5.41) is 6.84. The molecular formula is C15H21N3. The van der Waals surface area contributed by atoms with Crippen molar-refractivity contribution in [2.24, 2.45) is 4.99 Å². The van der Waals surface area contributed by atoms with E-state index in [1.54, 1.807) is 0 Å². The lowest BCUT2D eigenvalue weighted by atomic mass is 9.92. The Labute approximate surface area is 109 Å². The Kier molecular flexibility index (Phi) is 2.77. The van der Waals surface area contributed by atoms with Crippen LogP contribution in [0.5, 0.6) is 0 Å². The number of rotatable bonds is 3. The third kappa shape index (κ3) is 2.09. The molecule has 0 amide bonds. The van der Waals surface area contributed by atoms with Gasteiger partial charge in [-0.3, -0.25) is 4.99 Å². The minimum atomic E-state index is 0.349. The molecule has 2 aliphatic rings. The molecule has 1 aliphatic carbocycles. The van der Waals surface area contributed by atoms with Crippen molar-refractivity contribution in [1.29, 1.82) is 0 Å². The smallest absolute Gasteiger partial charge is 0.191 e. The van der Waals surface area contributed by atoms with E-state index in [-0.39, 0.29) is 0 Å². The second-order valence-corrected chi connectivity index (χ2v) is 5.68. The van der Waals surface area contributed by atoms with Gasteiger partial charge in [0.25, 0.3) is 0 Å². The summed E-state index contributed by atoms with van der Waals surface area (Å²) in [6.07, 6.45) is 2.57. The molecule has 0 bridgehead atoms. The first kappa shape index (κ1) is 11.6. The van der Waals surface area contributed by atoms with E-state index in [4.69, 9.17) is 0 Å². The fraction of sp³-hybridized carbons (Fsp3) is 0.533. The Hall–Kier alpha value is -1.51. The van der Waals surface area contributed by atoms with Gasteiger partial charge in [-0.2, -0.15) is 0 Å². The van der Waals surface area contributed by atoms with E-state index in [1.807, 2.05) is 0 Å². The van der Waals surface area contributed by atoms with Gasteiger partial charge in [-0.1, -0.05) is 24.3 Å². The molecular weight excluding hydrogens is 222 g/mol. The van der Waals surface area contributed by atoms with E-state index >= 15 is 0 Å². The van der Waals surface area contributed by atoms with Crippen LogP contribution < -0.4 is 10.6 Å². The first-order valence-electron chi connectivity index (χ1n) is 6.81. The quantitative estimate of drug-likeness (QED) is 0.851. The molecule has 0 spiro atoms. The molecule has 1 heterocycles. The maximum Gasteiger partial charge on any atom is 0.191 e. The molecule has 2 N–H and O–H groups in total. The van der Waals surface area contributed by atoms with Crippen LogP contribution in [0.4, 0.5) is 0 Å². The molecule has 0 aromatic heterocycles. The highest BCUT2D eigenvalue weighted by Crippen LogP contribution is 2.48. The average molecular weight is 243 g/mol. The number of aryl methyl sites for hydroxylation is 1. The predicted molar refractivity (Wildman–Crippen MR) is 75.0 cm³/mol. The summed E-state index contributed by atoms with van der Waals surface area (Å²) < 4.78 is 0. The van der Waals surface area contributed by atoms with Gasteiger partial charge >= 0.3 is 0 Å². The minimum absolute atomic E-state index is 0.349. The van der Waals surface area contributed by atoms with Crippen molar-refractivity contribution >= 4 is 5.96 Å². The minimum Gasteiger partial charge on any atom is -0.356 e. The summed E-state index contributed by atoms with van der Waals surface area (Å²) in [6.45, 7) is 6.26. The van der Waals surface area contributed by atoms with Crippen LogP contribution in [0, 0.1) is 6.92 Å². The molecule has 3 heteroatoms. The first-order valence-corrected chi connectivity index (χ1v) is 6.81. The zero-order valence-corrected chi connectivity index (χ0v) is 11.2. The largest absolute Gasteiger partial charge is 0.356 e. The lowest BCUT2D eigenvalue weighted by molar-refractivity contribution is 0.641. The Balaban J connectivity index is 1.68. The van der Waals surface area contributed by atoms with Gasteiger partial charge in [0.05, 0.1) is 6.54 Å². The van der Waals surface area contributed by atoms with Gasteiger partial charge in [0, 0.05) is 18.0 Å². The molecule has 1 atom stereocenters. The van der Waals surface area contributed by atoms with Crippen molar-refractivity contribution in [3.05, 3.63) is 35.4 Å². The van der Waals surface area contributed by atoms with Crippen LogP contribution in [-0.4, -0.2) is 25.1 Å². The zero-order chi connectivity index (χ0) is 12.6. The van der Waals surface area contributed by atoms with Crippen LogP contribution in [0.1, 0.15) is 30.9 Å². The van der Waals surface area contributed by atoms with E-state index in [2.05, 4.69) is 53.7 Å². The Morgan fingerprint density at radius 2 is 2.17 bits per heavy atom. The number of nitrogens with zero attached hydrogens (tertiary/aromatic N) is 1. The molecule has 3 nitrogen and oxygen atoms in total. The van der Waals surface area contributed by atoms with Crippen LogP contribution in [0.15, 0.2) is 29.3 Å². The highest BCUT2D eigenvalue weighted by atomic mass is 15.2. The van der Waals surface area contributed by atoms with Crippen molar-refractivity contribution < 1.29 is 0 Å². The van der Waals surface area contributed by atoms with Crippen molar-refractivity contribution in [3.8, 4) is 0 Å². The molecule has 1 aromatic rings. The van der Waals surface area contributed by atoms with E-state index in [9.17, 15) is 0 Å². The van der Waals surface area contributed by atoms with E-state index in [1.165, 1.54) is 24.0 Å². The maximum absolute atomic E-state index is 4.46. The van der Waals surface area contributed by atoms with Crippen molar-refractivity contribution in [1.82, 2.24) is 10.6 Å². The van der Waals surface area contributed by atoms with Crippen molar-refractivity contribution in [2.75, 3.05) is 13.1 Å². The summed E-state index contributed by atoms with van der Waals surface area (Å²) in [5.74, 6) is 0.974. The van der Waals surface area contributed by atoms with Gasteiger partial charge in [0.15, 0.2) is 5.96 Å². The summed E-state index contributed by atoms with van der Waals surface area (Å²) in [7, 11) is 0. The van der Waals surface area contributed by atoms with E-state index in [0.29, 0.717) is 11.5 Å². The molecule has 1 aromatic carbocycles. The van der Waals surface area contributed by atoms with E-state index < -0.39 is 0 Å². The Morgan fingerprint density at radius 3 is 2.78 bits per heavy atom. The third-order valence-corrected chi connectivity index (χ3v) is 4.07. The SMILES string of the molecule is Cc1ccccc1C1(CNC2=NCC(C)N2)CC1. The molecule has 3 rings (SSSR count). The standard InChI is InChI=1S/C15H21N3/c1-11-5-3-4-6-13(11)15(7-8-15)10-17-14-16-9-12(2)18-14/h3-6,12H,7-10H2,1-2H3,(H2,16,17,18). The number of hydrogen-bond acceptors (Lipinski definition) is 3. The summed E-state index contributed by atoms with van der Waals surface area (Å²) >= 11 is 0. The summed E-state index contributed by atoms with van der Waals surface area (Å²) in [4.78, 5) is 4.46. The highest BCUT2D eigenvalue weighted by molar-refractivity contribution is 5.81. The number of nitrogens with one attached hydrogen (secondary N) is 2.